The van der Waals surface area contributed by atoms with E-state index in [2.05, 4.69) is 36.5 Å². The molecule has 0 aromatic heterocycles. The van der Waals surface area contributed by atoms with Gasteiger partial charge in [-0.3, -0.25) is 4.79 Å². The van der Waals surface area contributed by atoms with Crippen LogP contribution in [0.15, 0.2) is 47.6 Å². The number of hydrazone groups is 1. The van der Waals surface area contributed by atoms with Gasteiger partial charge in [-0.2, -0.15) is 5.10 Å². The Bertz CT molecular complexity index is 719. The summed E-state index contributed by atoms with van der Waals surface area (Å²) in [7, 11) is 0. The standard InChI is InChI=1S/C20H24N2O2/c1-14(2)18-9-7-17(8-10-18)12-21-22-20(23)13-24-19-11-15(3)5-6-16(19)4/h5-12,14H,13H2,1-4H3,(H,22,23)/b21-12-. The molecule has 0 fully saturated rings. The summed E-state index contributed by atoms with van der Waals surface area (Å²) in [5, 5.41) is 3.96. The molecule has 0 saturated carbocycles. The highest BCUT2D eigenvalue weighted by molar-refractivity contribution is 5.82. The van der Waals surface area contributed by atoms with Crippen LogP contribution in [0.2, 0.25) is 0 Å². The van der Waals surface area contributed by atoms with Crippen molar-refractivity contribution in [3.63, 3.8) is 0 Å². The lowest BCUT2D eigenvalue weighted by Gasteiger charge is -2.08. The molecule has 0 heterocycles. The number of hydrogen-bond donors (Lipinski definition) is 1. The maximum atomic E-state index is 11.8. The van der Waals surface area contributed by atoms with Gasteiger partial charge in [0.05, 0.1) is 6.21 Å². The van der Waals surface area contributed by atoms with E-state index >= 15 is 0 Å². The number of ether oxygens (including phenoxy) is 1. The first-order chi connectivity index (χ1) is 11.5. The van der Waals surface area contributed by atoms with Crippen molar-refractivity contribution >= 4 is 12.1 Å². The predicted octanol–water partition coefficient (Wildman–Crippen LogP) is 3.96. The van der Waals surface area contributed by atoms with Crippen LogP contribution in [0.5, 0.6) is 5.75 Å². The first-order valence-corrected chi connectivity index (χ1v) is 8.07. The van der Waals surface area contributed by atoms with Gasteiger partial charge in [0, 0.05) is 0 Å². The lowest BCUT2D eigenvalue weighted by Crippen LogP contribution is -2.24. The molecule has 0 atom stereocenters. The molecular formula is C20H24N2O2. The third-order valence-electron chi connectivity index (χ3n) is 3.71. The minimum absolute atomic E-state index is 0.0616. The van der Waals surface area contributed by atoms with Gasteiger partial charge in [-0.05, 0) is 48.1 Å². The van der Waals surface area contributed by atoms with E-state index in [1.807, 2.05) is 44.2 Å². The van der Waals surface area contributed by atoms with E-state index in [9.17, 15) is 4.79 Å². The monoisotopic (exact) mass is 324 g/mol. The van der Waals surface area contributed by atoms with E-state index in [0.717, 1.165) is 22.4 Å². The largest absolute Gasteiger partial charge is 0.483 e. The fraction of sp³-hybridized carbons (Fsp3) is 0.300. The van der Waals surface area contributed by atoms with Crippen LogP contribution in [0.4, 0.5) is 0 Å². The maximum absolute atomic E-state index is 11.8. The van der Waals surface area contributed by atoms with Gasteiger partial charge in [-0.1, -0.05) is 50.2 Å². The first-order valence-electron chi connectivity index (χ1n) is 8.07. The summed E-state index contributed by atoms with van der Waals surface area (Å²) in [6.07, 6.45) is 1.62. The first kappa shape index (κ1) is 17.7. The lowest BCUT2D eigenvalue weighted by molar-refractivity contribution is -0.123. The molecule has 126 valence electrons. The molecule has 0 bridgehead atoms. The number of benzene rings is 2. The van der Waals surface area contributed by atoms with Crippen molar-refractivity contribution in [3.8, 4) is 5.75 Å². The maximum Gasteiger partial charge on any atom is 0.277 e. The van der Waals surface area contributed by atoms with Gasteiger partial charge < -0.3 is 4.74 Å². The smallest absolute Gasteiger partial charge is 0.277 e. The molecule has 2 aromatic rings. The van der Waals surface area contributed by atoms with Crippen LogP contribution in [0, 0.1) is 13.8 Å². The number of nitrogens with one attached hydrogen (secondary N) is 1. The SMILES string of the molecule is Cc1ccc(C)c(OCC(=O)N/N=C\c2ccc(C(C)C)cc2)c1. The molecule has 1 N–H and O–H groups in total. The van der Waals surface area contributed by atoms with Gasteiger partial charge in [0.1, 0.15) is 5.75 Å². The van der Waals surface area contributed by atoms with Gasteiger partial charge in [0.2, 0.25) is 0 Å². The third kappa shape index (κ3) is 5.23. The Morgan fingerprint density at radius 2 is 1.88 bits per heavy atom. The average molecular weight is 324 g/mol. The van der Waals surface area contributed by atoms with Crippen LogP contribution in [-0.2, 0) is 4.79 Å². The average Bonchev–Trinajstić information content (AvgIpc) is 2.56. The number of aryl methyl sites for hydroxylation is 2. The molecule has 0 aliphatic rings. The minimum Gasteiger partial charge on any atom is -0.483 e. The number of nitrogens with zero attached hydrogens (tertiary/aromatic N) is 1. The van der Waals surface area contributed by atoms with Gasteiger partial charge in [0.15, 0.2) is 6.61 Å². The fourth-order valence-electron chi connectivity index (χ4n) is 2.18. The van der Waals surface area contributed by atoms with Crippen LogP contribution >= 0.6 is 0 Å². The van der Waals surface area contributed by atoms with E-state index in [-0.39, 0.29) is 12.5 Å². The van der Waals surface area contributed by atoms with Gasteiger partial charge in [0.25, 0.3) is 5.91 Å². The Morgan fingerprint density at radius 3 is 2.54 bits per heavy atom. The molecule has 0 spiro atoms. The number of hydrogen-bond acceptors (Lipinski definition) is 3. The Hall–Kier alpha value is -2.62. The summed E-state index contributed by atoms with van der Waals surface area (Å²) in [6, 6.07) is 14.0. The Balaban J connectivity index is 1.83. The Morgan fingerprint density at radius 1 is 1.17 bits per heavy atom. The molecular weight excluding hydrogens is 300 g/mol. The summed E-state index contributed by atoms with van der Waals surface area (Å²) in [5.74, 6) is 0.933. The highest BCUT2D eigenvalue weighted by Gasteiger charge is 2.04. The van der Waals surface area contributed by atoms with Crippen LogP contribution in [0.25, 0.3) is 0 Å². The molecule has 4 nitrogen and oxygen atoms in total. The molecule has 0 aliphatic carbocycles. The van der Waals surface area contributed by atoms with E-state index in [4.69, 9.17) is 4.74 Å². The van der Waals surface area contributed by atoms with Gasteiger partial charge in [-0.15, -0.1) is 0 Å². The van der Waals surface area contributed by atoms with Crippen molar-refractivity contribution in [2.24, 2.45) is 5.10 Å². The minimum atomic E-state index is -0.286. The van der Waals surface area contributed by atoms with Gasteiger partial charge in [-0.25, -0.2) is 5.43 Å². The second kappa shape index (κ2) is 8.29. The van der Waals surface area contributed by atoms with Crippen LogP contribution in [0.3, 0.4) is 0 Å². The number of rotatable bonds is 6. The van der Waals surface area contributed by atoms with Crippen molar-refractivity contribution in [2.45, 2.75) is 33.6 Å². The molecule has 0 radical (unpaired) electrons. The number of amides is 1. The summed E-state index contributed by atoms with van der Waals surface area (Å²) in [4.78, 5) is 11.8. The van der Waals surface area contributed by atoms with E-state index in [0.29, 0.717) is 5.92 Å². The fourth-order valence-corrected chi connectivity index (χ4v) is 2.18. The van der Waals surface area contributed by atoms with Crippen molar-refractivity contribution in [2.75, 3.05) is 6.61 Å². The van der Waals surface area contributed by atoms with Crippen molar-refractivity contribution in [3.05, 3.63) is 64.7 Å². The molecule has 0 aliphatic heterocycles. The van der Waals surface area contributed by atoms with Crippen molar-refractivity contribution in [1.29, 1.82) is 0 Å². The zero-order chi connectivity index (χ0) is 17.5. The Labute approximate surface area is 143 Å². The van der Waals surface area contributed by atoms with Crippen LogP contribution < -0.4 is 10.2 Å². The topological polar surface area (TPSA) is 50.7 Å². The summed E-state index contributed by atoms with van der Waals surface area (Å²) in [6.45, 7) is 8.18. The second-order valence-electron chi connectivity index (χ2n) is 6.17. The molecule has 2 rings (SSSR count). The summed E-state index contributed by atoms with van der Waals surface area (Å²) >= 11 is 0. The quantitative estimate of drug-likeness (QED) is 0.646. The van der Waals surface area contributed by atoms with Crippen molar-refractivity contribution < 1.29 is 9.53 Å². The normalized spacial score (nSPS) is 11.0. The zero-order valence-electron chi connectivity index (χ0n) is 14.7. The predicted molar refractivity (Wildman–Crippen MR) is 97.7 cm³/mol. The van der Waals surface area contributed by atoms with Crippen LogP contribution in [-0.4, -0.2) is 18.7 Å². The Kier molecular flexibility index (Phi) is 6.13. The summed E-state index contributed by atoms with van der Waals surface area (Å²) < 4.78 is 5.54. The second-order valence-corrected chi connectivity index (χ2v) is 6.17. The van der Waals surface area contributed by atoms with Crippen molar-refractivity contribution in [1.82, 2.24) is 5.43 Å². The molecule has 0 unspecified atom stereocenters. The van der Waals surface area contributed by atoms with E-state index < -0.39 is 0 Å². The number of carbonyl (C=O) groups is 1. The zero-order valence-corrected chi connectivity index (χ0v) is 14.7. The highest BCUT2D eigenvalue weighted by atomic mass is 16.5. The third-order valence-corrected chi connectivity index (χ3v) is 3.71. The summed E-state index contributed by atoms with van der Waals surface area (Å²) in [5.41, 5.74) is 6.79. The molecule has 2 aromatic carbocycles. The van der Waals surface area contributed by atoms with Gasteiger partial charge >= 0.3 is 0 Å². The van der Waals surface area contributed by atoms with E-state index in [1.54, 1.807) is 6.21 Å². The number of carbonyl (C=O) groups excluding carboxylic acids is 1. The lowest BCUT2D eigenvalue weighted by atomic mass is 10.0. The van der Waals surface area contributed by atoms with E-state index in [1.165, 1.54) is 5.56 Å². The highest BCUT2D eigenvalue weighted by Crippen LogP contribution is 2.18. The van der Waals surface area contributed by atoms with Crippen LogP contribution in [0.1, 0.15) is 42.0 Å². The molecule has 4 heteroatoms. The molecule has 1 amide bonds. The molecule has 24 heavy (non-hydrogen) atoms. The molecule has 0 saturated heterocycles.